The molecule has 0 amide bonds. The summed E-state index contributed by atoms with van der Waals surface area (Å²) in [4.78, 5) is 0. The van der Waals surface area contributed by atoms with E-state index in [0.29, 0.717) is 5.92 Å². The zero-order valence-corrected chi connectivity index (χ0v) is 25.6. The van der Waals surface area contributed by atoms with Crippen molar-refractivity contribution in [1.29, 1.82) is 0 Å². The van der Waals surface area contributed by atoms with Gasteiger partial charge in [-0.2, -0.15) is 0 Å². The van der Waals surface area contributed by atoms with E-state index in [1.165, 1.54) is 95.9 Å². The van der Waals surface area contributed by atoms with Crippen molar-refractivity contribution in [3.8, 4) is 0 Å². The lowest BCUT2D eigenvalue weighted by atomic mass is 9.86. The second-order valence-corrected chi connectivity index (χ2v) is 12.1. The van der Waals surface area contributed by atoms with Gasteiger partial charge in [0.15, 0.2) is 0 Å². The molecule has 2 heteroatoms. The minimum absolute atomic E-state index is 0.602. The average Bonchev–Trinajstić information content (AvgIpc) is 2.96. The molecule has 4 rings (SSSR count). The van der Waals surface area contributed by atoms with Crippen molar-refractivity contribution in [2.75, 3.05) is 11.5 Å². The van der Waals surface area contributed by atoms with Crippen molar-refractivity contribution in [3.05, 3.63) is 129 Å². The molecule has 4 N–H and O–H groups in total. The van der Waals surface area contributed by atoms with Crippen LogP contribution in [-0.2, 0) is 19.3 Å². The van der Waals surface area contributed by atoms with E-state index in [0.717, 1.165) is 30.6 Å². The molecule has 0 aliphatic heterocycles. The van der Waals surface area contributed by atoms with Crippen LogP contribution in [-0.4, -0.2) is 0 Å². The summed E-state index contributed by atoms with van der Waals surface area (Å²) in [6, 6.07) is 31.2. The highest BCUT2D eigenvalue weighted by atomic mass is 14.5. The molecule has 216 valence electrons. The third-order valence-corrected chi connectivity index (χ3v) is 8.68. The number of hydrogen-bond donors (Lipinski definition) is 2. The van der Waals surface area contributed by atoms with E-state index in [-0.39, 0.29) is 0 Å². The molecule has 0 saturated heterocycles. The summed E-state index contributed by atoms with van der Waals surface area (Å²) in [6.45, 7) is 6.59. The largest absolute Gasteiger partial charge is 0.399 e. The van der Waals surface area contributed by atoms with Crippen LogP contribution < -0.4 is 11.5 Å². The molecule has 0 radical (unpaired) electrons. The van der Waals surface area contributed by atoms with Gasteiger partial charge in [-0.05, 0) is 121 Å². The summed E-state index contributed by atoms with van der Waals surface area (Å²) in [7, 11) is 0. The van der Waals surface area contributed by atoms with Gasteiger partial charge in [0.25, 0.3) is 0 Å². The van der Waals surface area contributed by atoms with E-state index in [1.54, 1.807) is 0 Å². The van der Waals surface area contributed by atoms with Gasteiger partial charge in [0.1, 0.15) is 0 Å². The van der Waals surface area contributed by atoms with Crippen molar-refractivity contribution in [3.63, 3.8) is 0 Å². The van der Waals surface area contributed by atoms with E-state index < -0.39 is 0 Å². The molecule has 0 aliphatic rings. The zero-order valence-electron chi connectivity index (χ0n) is 25.6. The second kappa shape index (κ2) is 15.5. The lowest BCUT2D eigenvalue weighted by Crippen LogP contribution is -2.03. The van der Waals surface area contributed by atoms with E-state index in [9.17, 15) is 0 Å². The van der Waals surface area contributed by atoms with Crippen LogP contribution >= 0.6 is 0 Å². The fraction of sp³-hybridized carbons (Fsp3) is 0.385. The number of hydrogen-bond acceptors (Lipinski definition) is 2. The molecule has 0 aliphatic carbocycles. The molecule has 2 nitrogen and oxygen atoms in total. The van der Waals surface area contributed by atoms with Gasteiger partial charge < -0.3 is 11.5 Å². The second-order valence-electron chi connectivity index (χ2n) is 12.1. The first-order chi connectivity index (χ1) is 19.9. The Morgan fingerprint density at radius 1 is 0.537 bits per heavy atom. The van der Waals surface area contributed by atoms with E-state index >= 15 is 0 Å². The SMILES string of the molecule is CCCCCCCCC(CCc1ccc(Cc2ccc(N)cc2C)cc1)c1ccc(Cc2ccc(N)cc2C)cc1. The molecule has 0 heterocycles. The van der Waals surface area contributed by atoms with Crippen LogP contribution in [0.5, 0.6) is 0 Å². The monoisotopic (exact) mass is 546 g/mol. The van der Waals surface area contributed by atoms with Crippen LogP contribution in [0.3, 0.4) is 0 Å². The summed E-state index contributed by atoms with van der Waals surface area (Å²) >= 11 is 0. The standard InChI is InChI=1S/C39H50N2/c1-4-5-6-7-8-9-10-34(35-19-16-33(17-20-35)28-37-22-24-39(41)26-30(37)3)18-15-31-11-13-32(14-12-31)27-36-21-23-38(40)25-29(36)2/h11-14,16-17,19-26,34H,4-10,15,18,27-28,40-41H2,1-3H3. The van der Waals surface area contributed by atoms with Crippen molar-refractivity contribution < 1.29 is 0 Å². The van der Waals surface area contributed by atoms with E-state index in [4.69, 9.17) is 11.5 Å². The Morgan fingerprint density at radius 2 is 1.02 bits per heavy atom. The number of unbranched alkanes of at least 4 members (excludes halogenated alkanes) is 5. The molecule has 0 fully saturated rings. The quantitative estimate of drug-likeness (QED) is 0.115. The van der Waals surface area contributed by atoms with Crippen molar-refractivity contribution in [2.45, 2.75) is 97.3 Å². The van der Waals surface area contributed by atoms with Crippen LogP contribution in [0.25, 0.3) is 0 Å². The molecule has 4 aromatic carbocycles. The molecule has 0 aromatic heterocycles. The normalized spacial score (nSPS) is 12.0. The minimum Gasteiger partial charge on any atom is -0.399 e. The van der Waals surface area contributed by atoms with Crippen molar-refractivity contribution >= 4 is 11.4 Å². The molecule has 1 atom stereocenters. The topological polar surface area (TPSA) is 52.0 Å². The predicted molar refractivity (Wildman–Crippen MR) is 179 cm³/mol. The number of nitrogen functional groups attached to an aromatic ring is 2. The fourth-order valence-electron chi connectivity index (χ4n) is 6.00. The maximum atomic E-state index is 5.96. The van der Waals surface area contributed by atoms with Gasteiger partial charge in [-0.1, -0.05) is 106 Å². The summed E-state index contributed by atoms with van der Waals surface area (Å²) in [6.07, 6.45) is 13.6. The molecular formula is C39H50N2. The Labute approximate surface area is 249 Å². The highest BCUT2D eigenvalue weighted by molar-refractivity contribution is 5.46. The van der Waals surface area contributed by atoms with Gasteiger partial charge >= 0.3 is 0 Å². The highest BCUT2D eigenvalue weighted by Crippen LogP contribution is 2.29. The van der Waals surface area contributed by atoms with Crippen LogP contribution in [0.1, 0.15) is 109 Å². The first-order valence-electron chi connectivity index (χ1n) is 15.8. The lowest BCUT2D eigenvalue weighted by molar-refractivity contribution is 0.516. The molecule has 4 aromatic rings. The predicted octanol–water partition coefficient (Wildman–Crippen LogP) is 10.1. The van der Waals surface area contributed by atoms with Crippen molar-refractivity contribution in [1.82, 2.24) is 0 Å². The number of rotatable bonds is 15. The number of aryl methyl sites for hydroxylation is 3. The summed E-state index contributed by atoms with van der Waals surface area (Å²) in [5.74, 6) is 0.602. The van der Waals surface area contributed by atoms with Gasteiger partial charge in [0, 0.05) is 11.4 Å². The summed E-state index contributed by atoms with van der Waals surface area (Å²) < 4.78 is 0. The van der Waals surface area contributed by atoms with Crippen LogP contribution in [0.15, 0.2) is 84.9 Å². The van der Waals surface area contributed by atoms with Gasteiger partial charge in [0.05, 0.1) is 0 Å². The van der Waals surface area contributed by atoms with Gasteiger partial charge in [-0.15, -0.1) is 0 Å². The number of anilines is 2. The number of benzene rings is 4. The molecular weight excluding hydrogens is 496 g/mol. The average molecular weight is 547 g/mol. The van der Waals surface area contributed by atoms with Crippen LogP contribution in [0, 0.1) is 13.8 Å². The third-order valence-electron chi connectivity index (χ3n) is 8.68. The Morgan fingerprint density at radius 3 is 1.56 bits per heavy atom. The van der Waals surface area contributed by atoms with Crippen molar-refractivity contribution in [2.24, 2.45) is 0 Å². The first-order valence-corrected chi connectivity index (χ1v) is 15.8. The highest BCUT2D eigenvalue weighted by Gasteiger charge is 2.13. The van der Waals surface area contributed by atoms with Gasteiger partial charge in [-0.3, -0.25) is 0 Å². The molecule has 0 spiro atoms. The Balaban J connectivity index is 1.38. The summed E-state index contributed by atoms with van der Waals surface area (Å²) in [5.41, 5.74) is 24.5. The van der Waals surface area contributed by atoms with Gasteiger partial charge in [0.2, 0.25) is 0 Å². The zero-order chi connectivity index (χ0) is 29.0. The minimum atomic E-state index is 0.602. The Bertz CT molecular complexity index is 1350. The van der Waals surface area contributed by atoms with E-state index in [2.05, 4.69) is 93.6 Å². The fourth-order valence-corrected chi connectivity index (χ4v) is 6.00. The molecule has 0 bridgehead atoms. The molecule has 1 unspecified atom stereocenters. The smallest absolute Gasteiger partial charge is 0.0316 e. The Kier molecular flexibility index (Phi) is 11.5. The van der Waals surface area contributed by atoms with Crippen LogP contribution in [0.2, 0.25) is 0 Å². The molecule has 41 heavy (non-hydrogen) atoms. The Hall–Kier alpha value is -3.52. The summed E-state index contributed by atoms with van der Waals surface area (Å²) in [5, 5.41) is 0. The maximum absolute atomic E-state index is 5.96. The molecule has 0 saturated carbocycles. The number of nitrogens with two attached hydrogens (primary N) is 2. The first kappa shape index (κ1) is 30.4. The lowest BCUT2D eigenvalue weighted by Gasteiger charge is -2.19. The third kappa shape index (κ3) is 9.52. The maximum Gasteiger partial charge on any atom is 0.0316 e. The van der Waals surface area contributed by atoms with Crippen LogP contribution in [0.4, 0.5) is 11.4 Å². The van der Waals surface area contributed by atoms with E-state index in [1.807, 2.05) is 12.1 Å². The van der Waals surface area contributed by atoms with Gasteiger partial charge in [-0.25, -0.2) is 0 Å².